The van der Waals surface area contributed by atoms with E-state index in [1.165, 1.54) is 5.56 Å². The molecule has 0 aliphatic carbocycles. The zero-order valence-electron chi connectivity index (χ0n) is 6.68. The topological polar surface area (TPSA) is 66.5 Å². The molecule has 4 N–H and O–H groups in total. The highest BCUT2D eigenvalue weighted by molar-refractivity contribution is 6.13. The van der Waals surface area contributed by atoms with E-state index in [1.54, 1.807) is 0 Å². The summed E-state index contributed by atoms with van der Waals surface area (Å²) in [6.07, 6.45) is 0. The predicted octanol–water partition coefficient (Wildman–Crippen LogP) is -0.195. The Bertz CT molecular complexity index is 174. The molecule has 0 fully saturated rings. The van der Waals surface area contributed by atoms with Crippen molar-refractivity contribution in [2.75, 3.05) is 0 Å². The minimum Gasteiger partial charge on any atom is -0.430 e. The van der Waals surface area contributed by atoms with Gasteiger partial charge in [-0.2, -0.15) is 0 Å². The zero-order valence-corrected chi connectivity index (χ0v) is 7.50. The van der Waals surface area contributed by atoms with Gasteiger partial charge >= 0.3 is 7.69 Å². The standard InChI is InChI=1S/C7H9N.BH3O2.ClH/c8-6-7-4-2-1-3-5-7;2-1-3;/h1-5H,6,8H2;1-3H;1H. The van der Waals surface area contributed by atoms with Crippen LogP contribution >= 0.6 is 12.4 Å². The fourth-order valence-electron chi connectivity index (χ4n) is 0.614. The Morgan fingerprint density at radius 3 is 1.83 bits per heavy atom. The summed E-state index contributed by atoms with van der Waals surface area (Å²) in [6.45, 7) is 0.640. The van der Waals surface area contributed by atoms with Crippen LogP contribution in [0.2, 0.25) is 0 Å². The molecule has 1 rings (SSSR count). The molecule has 68 valence electrons. The molecule has 12 heavy (non-hydrogen) atoms. The summed E-state index contributed by atoms with van der Waals surface area (Å²) in [5.74, 6) is 0. The lowest BCUT2D eigenvalue weighted by Gasteiger charge is -1.90. The SMILES string of the molecule is Cl.NCc1ccccc1.OBO. The van der Waals surface area contributed by atoms with Gasteiger partial charge < -0.3 is 15.8 Å². The third-order valence-corrected chi connectivity index (χ3v) is 1.08. The minimum absolute atomic E-state index is 0. The number of rotatable bonds is 1. The van der Waals surface area contributed by atoms with E-state index in [9.17, 15) is 0 Å². The van der Waals surface area contributed by atoms with Gasteiger partial charge in [0.05, 0.1) is 0 Å². The molecule has 1 aromatic rings. The van der Waals surface area contributed by atoms with Crippen LogP contribution in [0.3, 0.4) is 0 Å². The first-order chi connectivity index (χ1) is 5.35. The van der Waals surface area contributed by atoms with Gasteiger partial charge in [-0.05, 0) is 5.56 Å². The normalized spacial score (nSPS) is 7.25. The van der Waals surface area contributed by atoms with Gasteiger partial charge in [0.2, 0.25) is 0 Å². The van der Waals surface area contributed by atoms with Crippen LogP contribution in [0.5, 0.6) is 0 Å². The van der Waals surface area contributed by atoms with Crippen molar-refractivity contribution in [3.63, 3.8) is 0 Å². The second kappa shape index (κ2) is 10.5. The highest BCUT2D eigenvalue weighted by atomic mass is 35.5. The Morgan fingerprint density at radius 2 is 1.58 bits per heavy atom. The molecular formula is C7H13BClNO2. The Kier molecular flexibility index (Phi) is 12.2. The molecule has 0 amide bonds. The van der Waals surface area contributed by atoms with Gasteiger partial charge in [-0.3, -0.25) is 0 Å². The second-order valence-electron chi connectivity index (χ2n) is 1.83. The molecule has 0 aliphatic rings. The van der Waals surface area contributed by atoms with Crippen molar-refractivity contribution < 1.29 is 10.0 Å². The van der Waals surface area contributed by atoms with Crippen molar-refractivity contribution in [3.05, 3.63) is 35.9 Å². The summed E-state index contributed by atoms with van der Waals surface area (Å²) < 4.78 is 0. The average molecular weight is 189 g/mol. The summed E-state index contributed by atoms with van der Waals surface area (Å²) in [6, 6.07) is 9.99. The molecule has 0 aromatic heterocycles. The van der Waals surface area contributed by atoms with Crippen LogP contribution in [0.25, 0.3) is 0 Å². The van der Waals surface area contributed by atoms with Crippen molar-refractivity contribution in [1.82, 2.24) is 0 Å². The summed E-state index contributed by atoms with van der Waals surface area (Å²) in [7, 11) is -0.750. The van der Waals surface area contributed by atoms with Crippen LogP contribution in [0.15, 0.2) is 30.3 Å². The third kappa shape index (κ3) is 7.56. The van der Waals surface area contributed by atoms with Crippen LogP contribution in [0.4, 0.5) is 0 Å². The van der Waals surface area contributed by atoms with Crippen LogP contribution in [-0.4, -0.2) is 17.7 Å². The van der Waals surface area contributed by atoms with Gasteiger partial charge in [-0.15, -0.1) is 12.4 Å². The number of halogens is 1. The van der Waals surface area contributed by atoms with Crippen molar-refractivity contribution >= 4 is 20.1 Å². The lowest BCUT2D eigenvalue weighted by Crippen LogP contribution is -1.94. The van der Waals surface area contributed by atoms with Gasteiger partial charge in [0, 0.05) is 6.54 Å². The molecular weight excluding hydrogens is 176 g/mol. The van der Waals surface area contributed by atoms with Crippen LogP contribution in [0, 0.1) is 0 Å². The fourth-order valence-corrected chi connectivity index (χ4v) is 0.614. The van der Waals surface area contributed by atoms with E-state index in [-0.39, 0.29) is 12.4 Å². The monoisotopic (exact) mass is 189 g/mol. The smallest absolute Gasteiger partial charge is 0.430 e. The molecule has 0 spiro atoms. The zero-order chi connectivity index (χ0) is 8.53. The lowest BCUT2D eigenvalue weighted by molar-refractivity contribution is 0.448. The highest BCUT2D eigenvalue weighted by Gasteiger charge is 1.80. The molecule has 0 bridgehead atoms. The molecule has 0 unspecified atom stereocenters. The Hall–Kier alpha value is -0.545. The van der Waals surface area contributed by atoms with Crippen LogP contribution < -0.4 is 5.73 Å². The molecule has 0 saturated heterocycles. The number of nitrogens with two attached hydrogens (primary N) is 1. The van der Waals surface area contributed by atoms with Crippen LogP contribution in [-0.2, 0) is 6.54 Å². The predicted molar refractivity (Wildman–Crippen MR) is 53.2 cm³/mol. The molecule has 0 radical (unpaired) electrons. The van der Waals surface area contributed by atoms with E-state index < -0.39 is 7.69 Å². The van der Waals surface area contributed by atoms with Gasteiger partial charge in [0.1, 0.15) is 0 Å². The van der Waals surface area contributed by atoms with Crippen molar-refractivity contribution in [1.29, 1.82) is 0 Å². The number of benzene rings is 1. The van der Waals surface area contributed by atoms with E-state index in [0.29, 0.717) is 6.54 Å². The highest BCUT2D eigenvalue weighted by Crippen LogP contribution is 1.94. The second-order valence-corrected chi connectivity index (χ2v) is 1.83. The van der Waals surface area contributed by atoms with E-state index in [4.69, 9.17) is 15.8 Å². The Balaban J connectivity index is 0. The lowest BCUT2D eigenvalue weighted by atomic mass is 10.2. The molecule has 0 aliphatic heterocycles. The molecule has 0 heterocycles. The van der Waals surface area contributed by atoms with E-state index in [2.05, 4.69) is 0 Å². The molecule has 5 heteroatoms. The van der Waals surface area contributed by atoms with Crippen LogP contribution in [0.1, 0.15) is 5.56 Å². The molecule has 3 nitrogen and oxygen atoms in total. The van der Waals surface area contributed by atoms with Gasteiger partial charge in [0.15, 0.2) is 0 Å². The average Bonchev–Trinajstić information content (AvgIpc) is 2.08. The maximum atomic E-state index is 7.12. The van der Waals surface area contributed by atoms with Gasteiger partial charge in [0.25, 0.3) is 0 Å². The quantitative estimate of drug-likeness (QED) is 0.536. The third-order valence-electron chi connectivity index (χ3n) is 1.08. The van der Waals surface area contributed by atoms with Crippen molar-refractivity contribution in [2.24, 2.45) is 5.73 Å². The summed E-state index contributed by atoms with van der Waals surface area (Å²) >= 11 is 0. The first-order valence-electron chi connectivity index (χ1n) is 3.30. The first-order valence-corrected chi connectivity index (χ1v) is 3.30. The summed E-state index contributed by atoms with van der Waals surface area (Å²) in [4.78, 5) is 0. The van der Waals surface area contributed by atoms with Crippen molar-refractivity contribution in [3.8, 4) is 0 Å². The van der Waals surface area contributed by atoms with E-state index >= 15 is 0 Å². The van der Waals surface area contributed by atoms with Gasteiger partial charge in [-0.25, -0.2) is 0 Å². The fraction of sp³-hybridized carbons (Fsp3) is 0.143. The summed E-state index contributed by atoms with van der Waals surface area (Å²) in [5.41, 5.74) is 6.54. The van der Waals surface area contributed by atoms with E-state index in [0.717, 1.165) is 0 Å². The Morgan fingerprint density at radius 1 is 1.17 bits per heavy atom. The maximum Gasteiger partial charge on any atom is 0.432 e. The Labute approximate surface area is 78.9 Å². The first kappa shape index (κ1) is 14.0. The summed E-state index contributed by atoms with van der Waals surface area (Å²) in [5, 5.41) is 14.2. The molecule has 0 atom stereocenters. The largest absolute Gasteiger partial charge is 0.432 e. The van der Waals surface area contributed by atoms with E-state index in [1.807, 2.05) is 30.3 Å². The molecule has 1 aromatic carbocycles. The van der Waals surface area contributed by atoms with Gasteiger partial charge in [-0.1, -0.05) is 30.3 Å². The van der Waals surface area contributed by atoms with Crippen molar-refractivity contribution in [2.45, 2.75) is 6.54 Å². The minimum atomic E-state index is -0.750. The number of hydrogen-bond donors (Lipinski definition) is 3. The maximum absolute atomic E-state index is 7.12. The number of hydrogen-bond acceptors (Lipinski definition) is 3. The molecule has 0 saturated carbocycles.